The molecule has 0 unspecified atom stereocenters. The third-order valence-electron chi connectivity index (χ3n) is 9.58. The van der Waals surface area contributed by atoms with Gasteiger partial charge in [0.05, 0.1) is 16.6 Å². The van der Waals surface area contributed by atoms with Gasteiger partial charge in [-0.2, -0.15) is 0 Å². The van der Waals surface area contributed by atoms with Crippen molar-refractivity contribution in [2.24, 2.45) is 0 Å². The summed E-state index contributed by atoms with van der Waals surface area (Å²) in [7, 11) is 0. The molecule has 2 nitrogen and oxygen atoms in total. The molecule has 6 aromatic carbocycles. The molecule has 0 amide bonds. The van der Waals surface area contributed by atoms with E-state index in [-0.39, 0.29) is 0 Å². The summed E-state index contributed by atoms with van der Waals surface area (Å²) in [5.41, 5.74) is 11.4. The molecule has 3 heteroatoms. The first-order valence-electron chi connectivity index (χ1n) is 15.7. The minimum absolute atomic E-state index is 1.04. The van der Waals surface area contributed by atoms with Crippen LogP contribution in [0.5, 0.6) is 0 Å². The lowest BCUT2D eigenvalue weighted by Gasteiger charge is -2.13. The Balaban J connectivity index is 1.16. The van der Waals surface area contributed by atoms with Crippen molar-refractivity contribution in [3.8, 4) is 22.5 Å². The number of rotatable bonds is 3. The van der Waals surface area contributed by atoms with Crippen LogP contribution in [0.3, 0.4) is 0 Å². The number of para-hydroxylation sites is 2. The average Bonchev–Trinajstić information content (AvgIpc) is 3.75. The number of hydrogen-bond donors (Lipinski definition) is 0. The highest BCUT2D eigenvalue weighted by atomic mass is 32.1. The molecular formula is C42H28N2S. The molecular weight excluding hydrogens is 565 g/mol. The first kappa shape index (κ1) is 25.0. The third kappa shape index (κ3) is 3.68. The van der Waals surface area contributed by atoms with Crippen LogP contribution in [-0.4, -0.2) is 9.13 Å². The van der Waals surface area contributed by atoms with Crippen molar-refractivity contribution in [1.29, 1.82) is 0 Å². The predicted octanol–water partition coefficient (Wildman–Crippen LogP) is 11.7. The van der Waals surface area contributed by atoms with E-state index >= 15 is 0 Å². The number of allylic oxidation sites excluding steroid dienone is 1. The topological polar surface area (TPSA) is 9.86 Å². The average molecular weight is 593 g/mol. The highest BCUT2D eigenvalue weighted by Crippen LogP contribution is 2.40. The maximum absolute atomic E-state index is 2.51. The summed E-state index contributed by atoms with van der Waals surface area (Å²) in [5, 5.41) is 6.57. The van der Waals surface area contributed by atoms with Crippen LogP contribution in [0.4, 0.5) is 0 Å². The maximum atomic E-state index is 2.51. The summed E-state index contributed by atoms with van der Waals surface area (Å²) in [6.45, 7) is 0. The minimum atomic E-state index is 1.04. The summed E-state index contributed by atoms with van der Waals surface area (Å²) >= 11 is 1.88. The molecule has 9 aromatic rings. The Labute approximate surface area is 264 Å². The van der Waals surface area contributed by atoms with E-state index in [0.717, 1.165) is 12.8 Å². The van der Waals surface area contributed by atoms with E-state index in [9.17, 15) is 0 Å². The van der Waals surface area contributed by atoms with Gasteiger partial charge in [-0.15, -0.1) is 11.3 Å². The lowest BCUT2D eigenvalue weighted by Crippen LogP contribution is -2.02. The van der Waals surface area contributed by atoms with Gasteiger partial charge in [0.15, 0.2) is 0 Å². The van der Waals surface area contributed by atoms with Gasteiger partial charge in [-0.3, -0.25) is 0 Å². The van der Waals surface area contributed by atoms with Gasteiger partial charge in [0.25, 0.3) is 0 Å². The summed E-state index contributed by atoms with van der Waals surface area (Å²) in [6, 6.07) is 49.2. The Kier molecular flexibility index (Phi) is 5.31. The van der Waals surface area contributed by atoms with Crippen LogP contribution in [0, 0.1) is 0 Å². The second-order valence-electron chi connectivity index (χ2n) is 12.1. The predicted molar refractivity (Wildman–Crippen MR) is 193 cm³/mol. The van der Waals surface area contributed by atoms with Crippen molar-refractivity contribution in [2.75, 3.05) is 0 Å². The fourth-order valence-electron chi connectivity index (χ4n) is 7.56. The summed E-state index contributed by atoms with van der Waals surface area (Å²) in [5.74, 6) is 0. The Hall–Kier alpha value is -5.38. The molecule has 0 saturated heterocycles. The van der Waals surface area contributed by atoms with E-state index in [1.54, 1.807) is 0 Å². The second kappa shape index (κ2) is 9.56. The third-order valence-corrected chi connectivity index (χ3v) is 10.7. The monoisotopic (exact) mass is 592 g/mol. The summed E-state index contributed by atoms with van der Waals surface area (Å²) in [4.78, 5) is 0. The Morgan fingerprint density at radius 2 is 1.16 bits per heavy atom. The van der Waals surface area contributed by atoms with Crippen LogP contribution >= 0.6 is 11.3 Å². The molecule has 45 heavy (non-hydrogen) atoms. The lowest BCUT2D eigenvalue weighted by molar-refractivity contribution is 0.889. The van der Waals surface area contributed by atoms with Crippen LogP contribution in [0.1, 0.15) is 17.7 Å². The van der Waals surface area contributed by atoms with E-state index in [1.165, 1.54) is 86.6 Å². The zero-order valence-corrected chi connectivity index (χ0v) is 25.4. The highest BCUT2D eigenvalue weighted by molar-refractivity contribution is 7.25. The molecule has 0 bridgehead atoms. The fourth-order valence-corrected chi connectivity index (χ4v) is 8.64. The normalized spacial score (nSPS) is 13.1. The Bertz CT molecular complexity index is 2650. The van der Waals surface area contributed by atoms with E-state index in [0.29, 0.717) is 0 Å². The van der Waals surface area contributed by atoms with Crippen LogP contribution in [0.15, 0.2) is 140 Å². The van der Waals surface area contributed by atoms with E-state index in [2.05, 4.69) is 155 Å². The van der Waals surface area contributed by atoms with Gasteiger partial charge >= 0.3 is 0 Å². The Morgan fingerprint density at radius 3 is 2.02 bits per heavy atom. The van der Waals surface area contributed by atoms with Crippen molar-refractivity contribution in [1.82, 2.24) is 9.13 Å². The molecule has 0 radical (unpaired) electrons. The van der Waals surface area contributed by atoms with Crippen LogP contribution in [0.25, 0.3) is 81.5 Å². The van der Waals surface area contributed by atoms with Gasteiger partial charge in [0.2, 0.25) is 0 Å². The van der Waals surface area contributed by atoms with Crippen molar-refractivity contribution in [2.45, 2.75) is 12.8 Å². The number of thiophene rings is 1. The molecule has 10 rings (SSSR count). The zero-order valence-electron chi connectivity index (χ0n) is 24.6. The van der Waals surface area contributed by atoms with Gasteiger partial charge in [0.1, 0.15) is 0 Å². The van der Waals surface area contributed by atoms with Crippen molar-refractivity contribution >= 4 is 70.3 Å². The number of hydrogen-bond acceptors (Lipinski definition) is 1. The maximum Gasteiger partial charge on any atom is 0.0541 e. The smallest absolute Gasteiger partial charge is 0.0541 e. The van der Waals surface area contributed by atoms with Gasteiger partial charge in [0, 0.05) is 59.0 Å². The van der Waals surface area contributed by atoms with Gasteiger partial charge in [-0.25, -0.2) is 0 Å². The van der Waals surface area contributed by atoms with Crippen LogP contribution in [-0.2, 0) is 6.42 Å². The first-order chi connectivity index (χ1) is 22.3. The number of aromatic nitrogens is 2. The molecule has 0 atom stereocenters. The molecule has 1 aliphatic carbocycles. The molecule has 3 heterocycles. The van der Waals surface area contributed by atoms with Gasteiger partial charge in [-0.05, 0) is 90.7 Å². The molecule has 0 N–H and O–H groups in total. The summed E-state index contributed by atoms with van der Waals surface area (Å²) in [6.07, 6.45) is 6.79. The molecule has 212 valence electrons. The number of nitrogens with zero attached hydrogens (tertiary/aromatic N) is 2. The minimum Gasteiger partial charge on any atom is -0.313 e. The molecule has 0 fully saturated rings. The quantitative estimate of drug-likeness (QED) is 0.193. The molecule has 0 aliphatic heterocycles. The Morgan fingerprint density at radius 1 is 0.467 bits per heavy atom. The van der Waals surface area contributed by atoms with Crippen LogP contribution < -0.4 is 0 Å². The largest absolute Gasteiger partial charge is 0.313 e. The van der Waals surface area contributed by atoms with E-state index < -0.39 is 0 Å². The number of fused-ring (bicyclic) bond motifs is 9. The van der Waals surface area contributed by atoms with Gasteiger partial charge in [-0.1, -0.05) is 78.9 Å². The number of benzene rings is 6. The summed E-state index contributed by atoms with van der Waals surface area (Å²) < 4.78 is 7.59. The first-order valence-corrected chi connectivity index (χ1v) is 16.5. The zero-order chi connectivity index (χ0) is 29.5. The second-order valence-corrected chi connectivity index (χ2v) is 13.2. The molecule has 0 saturated carbocycles. The standard InChI is InChI=1S/C42H28N2S/c1-2-10-29(11-3-1)43-37-15-7-4-12-31(37)34-24-27(18-21-39(34)43)28-19-22-40-35(25-28)32-13-5-8-16-38(32)44(40)30-20-23-42-36(26-30)33-14-6-9-17-41(33)45-42/h1-7,9-15,17-26H,8,16H2. The lowest BCUT2D eigenvalue weighted by atomic mass is 9.98. The molecule has 0 spiro atoms. The molecule has 1 aliphatic rings. The van der Waals surface area contributed by atoms with Gasteiger partial charge < -0.3 is 9.13 Å². The van der Waals surface area contributed by atoms with E-state index in [1.807, 2.05) is 11.3 Å². The fraction of sp³-hybridized carbons (Fsp3) is 0.0476. The van der Waals surface area contributed by atoms with Crippen molar-refractivity contribution in [3.63, 3.8) is 0 Å². The highest BCUT2D eigenvalue weighted by Gasteiger charge is 2.20. The van der Waals surface area contributed by atoms with Crippen molar-refractivity contribution in [3.05, 3.63) is 151 Å². The van der Waals surface area contributed by atoms with Crippen LogP contribution in [0.2, 0.25) is 0 Å². The molecule has 3 aromatic heterocycles. The SMILES string of the molecule is C1=Cc2c(n(-c3ccc4sc5ccccc5c4c3)c3ccc(-c4ccc5c(c4)c4ccccc4n5-c4ccccc4)cc23)CC1. The van der Waals surface area contributed by atoms with Crippen molar-refractivity contribution < 1.29 is 0 Å². The van der Waals surface area contributed by atoms with E-state index in [4.69, 9.17) is 0 Å².